The second kappa shape index (κ2) is 5.68. The molecule has 0 heterocycles. The van der Waals surface area contributed by atoms with E-state index in [0.717, 1.165) is 18.5 Å². The summed E-state index contributed by atoms with van der Waals surface area (Å²) in [6.07, 6.45) is 5.56. The van der Waals surface area contributed by atoms with Gasteiger partial charge in [0.25, 0.3) is 0 Å². The topological polar surface area (TPSA) is 12.0 Å². The van der Waals surface area contributed by atoms with Crippen LogP contribution >= 0.6 is 0 Å². The number of aryl methyl sites for hydroxylation is 2. The summed E-state index contributed by atoms with van der Waals surface area (Å²) >= 11 is 0. The van der Waals surface area contributed by atoms with Crippen molar-refractivity contribution in [2.24, 2.45) is 5.92 Å². The van der Waals surface area contributed by atoms with Gasteiger partial charge in [-0.05, 0) is 38.2 Å². The maximum absolute atomic E-state index is 3.74. The van der Waals surface area contributed by atoms with Gasteiger partial charge in [0.2, 0.25) is 0 Å². The third kappa shape index (κ3) is 3.57. The molecule has 1 heteroatoms. The van der Waals surface area contributed by atoms with Crippen molar-refractivity contribution in [2.45, 2.75) is 59.0 Å². The van der Waals surface area contributed by atoms with Gasteiger partial charge in [-0.25, -0.2) is 0 Å². The maximum Gasteiger partial charge on any atom is 0.0208 e. The summed E-state index contributed by atoms with van der Waals surface area (Å²) in [5, 5.41) is 3.74. The van der Waals surface area contributed by atoms with Gasteiger partial charge in [0.05, 0.1) is 0 Å². The van der Waals surface area contributed by atoms with E-state index in [2.05, 4.69) is 44.3 Å². The molecule has 1 aromatic rings. The van der Waals surface area contributed by atoms with Crippen LogP contribution in [0.5, 0.6) is 0 Å². The van der Waals surface area contributed by atoms with Crippen LogP contribution in [0.25, 0.3) is 0 Å². The van der Waals surface area contributed by atoms with Gasteiger partial charge in [-0.2, -0.15) is 0 Å². The molecule has 2 unspecified atom stereocenters. The normalized spacial score (nSPS) is 24.9. The predicted molar refractivity (Wildman–Crippen MR) is 74.2 cm³/mol. The Morgan fingerprint density at radius 1 is 1.06 bits per heavy atom. The second-order valence-electron chi connectivity index (χ2n) is 5.75. The molecule has 1 nitrogen and oxygen atoms in total. The molecule has 0 aliphatic heterocycles. The number of nitrogens with one attached hydrogen (secondary N) is 1. The van der Waals surface area contributed by atoms with Crippen molar-refractivity contribution < 1.29 is 0 Å². The van der Waals surface area contributed by atoms with E-state index in [0.29, 0.717) is 0 Å². The van der Waals surface area contributed by atoms with Gasteiger partial charge in [0.1, 0.15) is 0 Å². The molecule has 17 heavy (non-hydrogen) atoms. The Hall–Kier alpha value is -0.820. The fourth-order valence-electron chi connectivity index (χ4n) is 3.04. The van der Waals surface area contributed by atoms with E-state index in [1.165, 1.54) is 42.4 Å². The van der Waals surface area contributed by atoms with Gasteiger partial charge >= 0.3 is 0 Å². The molecule has 0 saturated heterocycles. The highest BCUT2D eigenvalue weighted by Crippen LogP contribution is 2.24. The molecule has 2 atom stereocenters. The number of rotatable bonds is 3. The molecule has 0 amide bonds. The second-order valence-corrected chi connectivity index (χ2v) is 5.75. The summed E-state index contributed by atoms with van der Waals surface area (Å²) in [4.78, 5) is 0. The monoisotopic (exact) mass is 231 g/mol. The molecule has 94 valence electrons. The Kier molecular flexibility index (Phi) is 4.22. The minimum Gasteiger partial charge on any atom is -0.310 e. The van der Waals surface area contributed by atoms with Crippen molar-refractivity contribution in [3.8, 4) is 0 Å². The third-order valence-electron chi connectivity index (χ3n) is 3.96. The lowest BCUT2D eigenvalue weighted by atomic mass is 9.86. The molecule has 1 aliphatic rings. The molecular formula is C16H25N. The molecule has 1 aliphatic carbocycles. The van der Waals surface area contributed by atoms with Crippen LogP contribution < -0.4 is 5.32 Å². The maximum atomic E-state index is 3.74. The summed E-state index contributed by atoms with van der Waals surface area (Å²) in [5.41, 5.74) is 4.18. The summed E-state index contributed by atoms with van der Waals surface area (Å²) in [5.74, 6) is 0.842. The Labute approximate surface area is 106 Å². The van der Waals surface area contributed by atoms with E-state index in [1.54, 1.807) is 0 Å². The highest BCUT2D eigenvalue weighted by molar-refractivity contribution is 5.28. The average molecular weight is 231 g/mol. The standard InChI is InChI=1S/C16H25N/c1-12-8-13(2)10-15(9-12)11-17-16-7-5-4-6-14(16)3/h8-10,14,16-17H,4-7,11H2,1-3H3. The quantitative estimate of drug-likeness (QED) is 0.830. The van der Waals surface area contributed by atoms with Crippen LogP contribution in [0.15, 0.2) is 18.2 Å². The molecule has 1 fully saturated rings. The van der Waals surface area contributed by atoms with Crippen molar-refractivity contribution >= 4 is 0 Å². The Morgan fingerprint density at radius 3 is 2.35 bits per heavy atom. The molecule has 0 radical (unpaired) electrons. The first kappa shape index (κ1) is 12.6. The van der Waals surface area contributed by atoms with Gasteiger partial charge in [-0.15, -0.1) is 0 Å². The Balaban J connectivity index is 1.92. The summed E-state index contributed by atoms with van der Waals surface area (Å²) in [7, 11) is 0. The molecule has 1 aromatic carbocycles. The molecular weight excluding hydrogens is 206 g/mol. The first-order valence-electron chi connectivity index (χ1n) is 6.96. The van der Waals surface area contributed by atoms with Gasteiger partial charge < -0.3 is 5.32 Å². The SMILES string of the molecule is Cc1cc(C)cc(CNC2CCCCC2C)c1. The number of hydrogen-bond acceptors (Lipinski definition) is 1. The van der Waals surface area contributed by atoms with Gasteiger partial charge in [-0.3, -0.25) is 0 Å². The van der Waals surface area contributed by atoms with E-state index in [4.69, 9.17) is 0 Å². The average Bonchev–Trinajstić information content (AvgIpc) is 2.27. The predicted octanol–water partition coefficient (Wildman–Crippen LogP) is 3.97. The molecule has 0 aromatic heterocycles. The fourth-order valence-corrected chi connectivity index (χ4v) is 3.04. The van der Waals surface area contributed by atoms with E-state index in [-0.39, 0.29) is 0 Å². The van der Waals surface area contributed by atoms with E-state index in [9.17, 15) is 0 Å². The first-order chi connectivity index (χ1) is 8.15. The van der Waals surface area contributed by atoms with Crippen molar-refractivity contribution in [3.63, 3.8) is 0 Å². The highest BCUT2D eigenvalue weighted by Gasteiger charge is 2.20. The summed E-state index contributed by atoms with van der Waals surface area (Å²) in [6, 6.07) is 7.57. The van der Waals surface area contributed by atoms with Gasteiger partial charge in [0, 0.05) is 12.6 Å². The number of benzene rings is 1. The Bertz CT molecular complexity index is 350. The molecule has 0 bridgehead atoms. The molecule has 1 saturated carbocycles. The van der Waals surface area contributed by atoms with Crippen LogP contribution in [-0.4, -0.2) is 6.04 Å². The minimum absolute atomic E-state index is 0.726. The number of hydrogen-bond donors (Lipinski definition) is 1. The van der Waals surface area contributed by atoms with Gasteiger partial charge in [0.15, 0.2) is 0 Å². The lowest BCUT2D eigenvalue weighted by Gasteiger charge is -2.29. The summed E-state index contributed by atoms with van der Waals surface area (Å²) in [6.45, 7) is 7.77. The van der Waals surface area contributed by atoms with Crippen LogP contribution in [0.4, 0.5) is 0 Å². The smallest absolute Gasteiger partial charge is 0.0208 e. The molecule has 0 spiro atoms. The highest BCUT2D eigenvalue weighted by atomic mass is 14.9. The van der Waals surface area contributed by atoms with Crippen LogP contribution in [0.1, 0.15) is 49.3 Å². The van der Waals surface area contributed by atoms with Crippen LogP contribution in [0, 0.1) is 19.8 Å². The lowest BCUT2D eigenvalue weighted by Crippen LogP contribution is -2.36. The summed E-state index contributed by atoms with van der Waals surface area (Å²) < 4.78 is 0. The van der Waals surface area contributed by atoms with Crippen LogP contribution in [0.2, 0.25) is 0 Å². The van der Waals surface area contributed by atoms with Gasteiger partial charge in [-0.1, -0.05) is 49.1 Å². The zero-order valence-electron chi connectivity index (χ0n) is 11.4. The van der Waals surface area contributed by atoms with Crippen LogP contribution in [0.3, 0.4) is 0 Å². The van der Waals surface area contributed by atoms with E-state index < -0.39 is 0 Å². The van der Waals surface area contributed by atoms with Crippen molar-refractivity contribution in [1.29, 1.82) is 0 Å². The zero-order valence-corrected chi connectivity index (χ0v) is 11.4. The third-order valence-corrected chi connectivity index (χ3v) is 3.96. The molecule has 1 N–H and O–H groups in total. The minimum atomic E-state index is 0.726. The molecule has 2 rings (SSSR count). The fraction of sp³-hybridized carbons (Fsp3) is 0.625. The van der Waals surface area contributed by atoms with Crippen LogP contribution in [-0.2, 0) is 6.54 Å². The van der Waals surface area contributed by atoms with Crippen molar-refractivity contribution in [3.05, 3.63) is 34.9 Å². The zero-order chi connectivity index (χ0) is 12.3. The lowest BCUT2D eigenvalue weighted by molar-refractivity contribution is 0.279. The first-order valence-corrected chi connectivity index (χ1v) is 6.96. The van der Waals surface area contributed by atoms with E-state index >= 15 is 0 Å². The van der Waals surface area contributed by atoms with Crippen molar-refractivity contribution in [2.75, 3.05) is 0 Å². The Morgan fingerprint density at radius 2 is 1.71 bits per heavy atom. The largest absolute Gasteiger partial charge is 0.310 e. The van der Waals surface area contributed by atoms with Crippen molar-refractivity contribution in [1.82, 2.24) is 5.32 Å². The van der Waals surface area contributed by atoms with E-state index in [1.807, 2.05) is 0 Å².